The summed E-state index contributed by atoms with van der Waals surface area (Å²) in [7, 11) is 0. The number of nitrogens with zero attached hydrogens (tertiary/aromatic N) is 1. The third-order valence-corrected chi connectivity index (χ3v) is 3.61. The van der Waals surface area contributed by atoms with E-state index in [0.29, 0.717) is 6.04 Å². The van der Waals surface area contributed by atoms with Gasteiger partial charge in [0.2, 0.25) is 0 Å². The van der Waals surface area contributed by atoms with Crippen LogP contribution in [-0.4, -0.2) is 30.6 Å². The third kappa shape index (κ3) is 3.76. The maximum Gasteiger partial charge on any atom is 0.0329 e. The summed E-state index contributed by atoms with van der Waals surface area (Å²) in [5.74, 6) is 0. The Kier molecular flexibility index (Phi) is 5.06. The highest BCUT2D eigenvalue weighted by atomic mass is 35.5. The highest BCUT2D eigenvalue weighted by molar-refractivity contribution is 7.11. The molecule has 1 aromatic rings. The van der Waals surface area contributed by atoms with Gasteiger partial charge < -0.3 is 5.32 Å². The number of aryl methyl sites for hydroxylation is 1. The van der Waals surface area contributed by atoms with E-state index in [1.54, 1.807) is 0 Å². The molecule has 0 unspecified atom stereocenters. The molecular weight excluding hydrogens is 228 g/mol. The fourth-order valence-corrected chi connectivity index (χ4v) is 2.88. The lowest BCUT2D eigenvalue weighted by Gasteiger charge is -2.31. The van der Waals surface area contributed by atoms with E-state index in [2.05, 4.69) is 36.2 Å². The third-order valence-electron chi connectivity index (χ3n) is 2.63. The van der Waals surface area contributed by atoms with Crippen LogP contribution in [0.4, 0.5) is 0 Å². The van der Waals surface area contributed by atoms with E-state index in [1.807, 2.05) is 11.3 Å². The van der Waals surface area contributed by atoms with Crippen molar-refractivity contribution in [3.63, 3.8) is 0 Å². The van der Waals surface area contributed by atoms with Gasteiger partial charge in [0, 0.05) is 42.0 Å². The number of piperazine rings is 1. The first-order valence-corrected chi connectivity index (χ1v) is 6.07. The minimum Gasteiger partial charge on any atom is -0.312 e. The van der Waals surface area contributed by atoms with Gasteiger partial charge in [-0.2, -0.15) is 0 Å². The van der Waals surface area contributed by atoms with Gasteiger partial charge in [-0.05, 0) is 26.0 Å². The second-order valence-corrected chi connectivity index (χ2v) is 5.48. The summed E-state index contributed by atoms with van der Waals surface area (Å²) < 4.78 is 0. The van der Waals surface area contributed by atoms with Gasteiger partial charge in [0.05, 0.1) is 0 Å². The standard InChI is InChI=1S/C11H18N2S.ClH/c1-9-7-13(6-5-12-9)8-11-4-3-10(2)14-11;/h3-4,9,12H,5-8H2,1-2H3;1H/t9-;/m0./s1. The van der Waals surface area contributed by atoms with Crippen molar-refractivity contribution in [1.29, 1.82) is 0 Å². The van der Waals surface area contributed by atoms with Crippen LogP contribution in [-0.2, 0) is 6.54 Å². The number of thiophene rings is 1. The lowest BCUT2D eigenvalue weighted by atomic mass is 10.2. The maximum atomic E-state index is 3.46. The summed E-state index contributed by atoms with van der Waals surface area (Å²) in [5, 5.41) is 3.46. The zero-order valence-electron chi connectivity index (χ0n) is 9.32. The first-order valence-electron chi connectivity index (χ1n) is 5.25. The topological polar surface area (TPSA) is 15.3 Å². The SMILES string of the molecule is Cc1ccc(CN2CCN[C@@H](C)C2)s1.Cl. The minimum absolute atomic E-state index is 0. The van der Waals surface area contributed by atoms with Crippen molar-refractivity contribution in [3.05, 3.63) is 21.9 Å². The Morgan fingerprint density at radius 3 is 2.93 bits per heavy atom. The second kappa shape index (κ2) is 5.85. The summed E-state index contributed by atoms with van der Waals surface area (Å²) in [6, 6.07) is 5.11. The average molecular weight is 247 g/mol. The van der Waals surface area contributed by atoms with E-state index < -0.39 is 0 Å². The number of rotatable bonds is 2. The summed E-state index contributed by atoms with van der Waals surface area (Å²) in [5.41, 5.74) is 0. The van der Waals surface area contributed by atoms with Crippen molar-refractivity contribution in [2.24, 2.45) is 0 Å². The summed E-state index contributed by atoms with van der Waals surface area (Å²) in [6.07, 6.45) is 0. The van der Waals surface area contributed by atoms with Gasteiger partial charge in [0.25, 0.3) is 0 Å². The van der Waals surface area contributed by atoms with Gasteiger partial charge in [-0.15, -0.1) is 23.7 Å². The van der Waals surface area contributed by atoms with Crippen molar-refractivity contribution in [2.75, 3.05) is 19.6 Å². The average Bonchev–Trinajstić information content (AvgIpc) is 2.51. The van der Waals surface area contributed by atoms with E-state index in [0.717, 1.165) is 13.1 Å². The molecule has 2 nitrogen and oxygen atoms in total. The molecule has 4 heteroatoms. The molecule has 15 heavy (non-hydrogen) atoms. The maximum absolute atomic E-state index is 3.46. The van der Waals surface area contributed by atoms with Gasteiger partial charge in [0.15, 0.2) is 0 Å². The van der Waals surface area contributed by atoms with Crippen LogP contribution in [0, 0.1) is 6.92 Å². The lowest BCUT2D eigenvalue weighted by Crippen LogP contribution is -2.48. The van der Waals surface area contributed by atoms with Crippen LogP contribution in [0.25, 0.3) is 0 Å². The van der Waals surface area contributed by atoms with Crippen molar-refractivity contribution >= 4 is 23.7 Å². The Balaban J connectivity index is 0.00000112. The predicted octanol–water partition coefficient (Wildman–Crippen LogP) is 2.27. The van der Waals surface area contributed by atoms with Crippen molar-refractivity contribution in [3.8, 4) is 0 Å². The molecule has 1 N–H and O–H groups in total. The van der Waals surface area contributed by atoms with Crippen LogP contribution in [0.3, 0.4) is 0 Å². The number of hydrogen-bond donors (Lipinski definition) is 1. The highest BCUT2D eigenvalue weighted by Crippen LogP contribution is 2.17. The summed E-state index contributed by atoms with van der Waals surface area (Å²) in [6.45, 7) is 9.05. The Morgan fingerprint density at radius 2 is 2.33 bits per heavy atom. The molecule has 0 radical (unpaired) electrons. The first kappa shape index (κ1) is 13.0. The van der Waals surface area contributed by atoms with Crippen LogP contribution < -0.4 is 5.32 Å². The van der Waals surface area contributed by atoms with Crippen molar-refractivity contribution < 1.29 is 0 Å². The van der Waals surface area contributed by atoms with Crippen LogP contribution in [0.2, 0.25) is 0 Å². The van der Waals surface area contributed by atoms with Gasteiger partial charge in [-0.1, -0.05) is 0 Å². The molecule has 1 atom stereocenters. The molecule has 2 rings (SSSR count). The van der Waals surface area contributed by atoms with Crippen molar-refractivity contribution in [2.45, 2.75) is 26.4 Å². The molecule has 0 saturated carbocycles. The van der Waals surface area contributed by atoms with E-state index in [9.17, 15) is 0 Å². The fourth-order valence-electron chi connectivity index (χ4n) is 1.95. The Labute approximate surface area is 102 Å². The molecule has 0 aromatic carbocycles. The largest absolute Gasteiger partial charge is 0.312 e. The molecule has 1 fully saturated rings. The number of hydrogen-bond acceptors (Lipinski definition) is 3. The van der Waals surface area contributed by atoms with Crippen LogP contribution in [0.1, 0.15) is 16.7 Å². The smallest absolute Gasteiger partial charge is 0.0329 e. The minimum atomic E-state index is 0. The Bertz CT molecular complexity index is 301. The molecule has 86 valence electrons. The van der Waals surface area contributed by atoms with E-state index in [1.165, 1.54) is 22.8 Å². The van der Waals surface area contributed by atoms with E-state index in [4.69, 9.17) is 0 Å². The molecule has 2 heterocycles. The molecule has 0 aliphatic carbocycles. The zero-order chi connectivity index (χ0) is 9.97. The molecule has 0 spiro atoms. The highest BCUT2D eigenvalue weighted by Gasteiger charge is 2.15. The molecule has 1 aliphatic heterocycles. The monoisotopic (exact) mass is 246 g/mol. The molecule has 1 saturated heterocycles. The first-order chi connectivity index (χ1) is 6.74. The fraction of sp³-hybridized carbons (Fsp3) is 0.636. The quantitative estimate of drug-likeness (QED) is 0.862. The van der Waals surface area contributed by atoms with Gasteiger partial charge in [-0.3, -0.25) is 4.90 Å². The molecular formula is C11H19ClN2S. The normalized spacial score (nSPS) is 22.4. The van der Waals surface area contributed by atoms with Crippen molar-refractivity contribution in [1.82, 2.24) is 10.2 Å². The molecule has 1 aromatic heterocycles. The van der Waals surface area contributed by atoms with E-state index in [-0.39, 0.29) is 12.4 Å². The Morgan fingerprint density at radius 1 is 1.53 bits per heavy atom. The van der Waals surface area contributed by atoms with Crippen LogP contribution in [0.5, 0.6) is 0 Å². The van der Waals surface area contributed by atoms with Crippen LogP contribution in [0.15, 0.2) is 12.1 Å². The zero-order valence-corrected chi connectivity index (χ0v) is 11.0. The number of halogens is 1. The van der Waals surface area contributed by atoms with Gasteiger partial charge in [0.1, 0.15) is 0 Å². The predicted molar refractivity (Wildman–Crippen MR) is 69.0 cm³/mol. The van der Waals surface area contributed by atoms with Crippen LogP contribution >= 0.6 is 23.7 Å². The van der Waals surface area contributed by atoms with Gasteiger partial charge >= 0.3 is 0 Å². The lowest BCUT2D eigenvalue weighted by molar-refractivity contribution is 0.201. The summed E-state index contributed by atoms with van der Waals surface area (Å²) >= 11 is 1.92. The van der Waals surface area contributed by atoms with E-state index >= 15 is 0 Å². The molecule has 0 bridgehead atoms. The summed E-state index contributed by atoms with van der Waals surface area (Å²) in [4.78, 5) is 5.45. The second-order valence-electron chi connectivity index (χ2n) is 4.10. The molecule has 1 aliphatic rings. The van der Waals surface area contributed by atoms with Gasteiger partial charge in [-0.25, -0.2) is 0 Å². The number of nitrogens with one attached hydrogen (secondary N) is 1. The Hall–Kier alpha value is -0.0900. The molecule has 0 amide bonds.